The lowest BCUT2D eigenvalue weighted by Gasteiger charge is -1.65. The highest BCUT2D eigenvalue weighted by Crippen LogP contribution is 1.73. The molecule has 0 rings (SSSR count). The summed E-state index contributed by atoms with van der Waals surface area (Å²) in [5.41, 5.74) is 1.17. The molecule has 0 unspecified atom stereocenters. The Morgan fingerprint density at radius 3 is 1.08 bits per heavy atom. The predicted molar refractivity (Wildman–Crippen MR) is 67.2 cm³/mol. The van der Waals surface area contributed by atoms with E-state index in [-0.39, 0.29) is 0 Å². The van der Waals surface area contributed by atoms with Crippen LogP contribution in [0.3, 0.4) is 0 Å². The Bertz CT molecular complexity index is 83.3. The van der Waals surface area contributed by atoms with Gasteiger partial charge >= 0.3 is 0 Å². The van der Waals surface area contributed by atoms with Crippen LogP contribution in [0.2, 0.25) is 0 Å². The first kappa shape index (κ1) is 22.8. The van der Waals surface area contributed by atoms with Crippen LogP contribution in [0.15, 0.2) is 37.5 Å². The molecule has 0 aliphatic carbocycles. The van der Waals surface area contributed by atoms with Gasteiger partial charge < -0.3 is 5.32 Å². The van der Waals surface area contributed by atoms with Gasteiger partial charge in [-0.25, -0.2) is 0 Å². The van der Waals surface area contributed by atoms with Crippen molar-refractivity contribution in [3.05, 3.63) is 37.5 Å². The minimum Gasteiger partial charge on any atom is -0.323 e. The topological polar surface area (TPSA) is 12.0 Å². The fraction of sp³-hybridized carbons (Fsp3) is 0.500. The second-order valence-corrected chi connectivity index (χ2v) is 2.18. The molecular formula is C12H27N. The molecule has 80 valence electrons. The van der Waals surface area contributed by atoms with E-state index in [1.165, 1.54) is 5.57 Å². The van der Waals surface area contributed by atoms with E-state index in [0.717, 1.165) is 0 Å². The van der Waals surface area contributed by atoms with E-state index in [1.54, 1.807) is 12.2 Å². The van der Waals surface area contributed by atoms with Crippen LogP contribution < -0.4 is 5.32 Å². The van der Waals surface area contributed by atoms with Crippen LogP contribution in [0.5, 0.6) is 0 Å². The average Bonchev–Trinajstić information content (AvgIpc) is 2.08. The first-order valence-electron chi connectivity index (χ1n) is 4.50. The lowest BCUT2D eigenvalue weighted by Crippen LogP contribution is -1.89. The molecule has 1 heteroatoms. The fourth-order valence-electron chi connectivity index (χ4n) is 0. The van der Waals surface area contributed by atoms with E-state index in [4.69, 9.17) is 0 Å². The van der Waals surface area contributed by atoms with E-state index < -0.39 is 0 Å². The predicted octanol–water partition coefficient (Wildman–Crippen LogP) is 3.80. The highest BCUT2D eigenvalue weighted by molar-refractivity contribution is 4.88. The van der Waals surface area contributed by atoms with Crippen LogP contribution in [0, 0.1) is 0 Å². The van der Waals surface area contributed by atoms with Crippen molar-refractivity contribution in [2.45, 2.75) is 27.7 Å². The van der Waals surface area contributed by atoms with Gasteiger partial charge in [-0.2, -0.15) is 0 Å². The van der Waals surface area contributed by atoms with E-state index in [2.05, 4.69) is 25.1 Å². The summed E-state index contributed by atoms with van der Waals surface area (Å²) in [4.78, 5) is 0. The molecular weight excluding hydrogens is 158 g/mol. The van der Waals surface area contributed by atoms with Crippen LogP contribution >= 0.6 is 0 Å². The van der Waals surface area contributed by atoms with Crippen LogP contribution in [-0.2, 0) is 0 Å². The lowest BCUT2D eigenvalue weighted by molar-refractivity contribution is 1.02. The standard InChI is InChI=1S/C4H8.C4H6.C2H7N.C2H6/c1-4(2)3;1-3-4-2;1-3-2;1-2/h1H2,2-3H3;3-4H,1-2H2;3H,1-2H3;1-2H3. The van der Waals surface area contributed by atoms with Gasteiger partial charge in [0, 0.05) is 0 Å². The van der Waals surface area contributed by atoms with E-state index in [0.29, 0.717) is 0 Å². The van der Waals surface area contributed by atoms with Crippen molar-refractivity contribution in [1.29, 1.82) is 0 Å². The van der Waals surface area contributed by atoms with Gasteiger partial charge in [0.1, 0.15) is 0 Å². The number of allylic oxidation sites excluding steroid dienone is 3. The van der Waals surface area contributed by atoms with Crippen molar-refractivity contribution in [3.63, 3.8) is 0 Å². The zero-order chi connectivity index (χ0) is 11.7. The molecule has 1 N–H and O–H groups in total. The Balaban J connectivity index is -0.0000000431. The Hall–Kier alpha value is -0.820. The van der Waals surface area contributed by atoms with Crippen molar-refractivity contribution in [3.8, 4) is 0 Å². The molecule has 0 aromatic rings. The van der Waals surface area contributed by atoms with Crippen molar-refractivity contribution in [1.82, 2.24) is 5.32 Å². The quantitative estimate of drug-likeness (QED) is 0.484. The highest BCUT2D eigenvalue weighted by atomic mass is 14.7. The number of hydrogen-bond donors (Lipinski definition) is 1. The summed E-state index contributed by atoms with van der Waals surface area (Å²) >= 11 is 0. The Morgan fingerprint density at radius 1 is 1.00 bits per heavy atom. The molecule has 1 nitrogen and oxygen atoms in total. The zero-order valence-corrected chi connectivity index (χ0v) is 10.3. The minimum atomic E-state index is 1.17. The normalized spacial score (nSPS) is 5.38. The highest BCUT2D eigenvalue weighted by Gasteiger charge is 1.51. The summed E-state index contributed by atoms with van der Waals surface area (Å²) in [6, 6.07) is 0. The summed E-state index contributed by atoms with van der Waals surface area (Å²) in [5.74, 6) is 0. The molecule has 0 aliphatic heterocycles. The molecule has 0 atom stereocenters. The molecule has 13 heavy (non-hydrogen) atoms. The number of nitrogens with one attached hydrogen (secondary N) is 1. The second kappa shape index (κ2) is 43.2. The Kier molecular flexibility index (Phi) is 75.6. The van der Waals surface area contributed by atoms with Crippen LogP contribution in [0.25, 0.3) is 0 Å². The maximum atomic E-state index is 3.56. The van der Waals surface area contributed by atoms with Gasteiger partial charge in [0.05, 0.1) is 0 Å². The van der Waals surface area contributed by atoms with Crippen LogP contribution in [-0.4, -0.2) is 14.1 Å². The lowest BCUT2D eigenvalue weighted by atomic mass is 10.4. The van der Waals surface area contributed by atoms with Crippen molar-refractivity contribution < 1.29 is 0 Å². The molecule has 0 bridgehead atoms. The van der Waals surface area contributed by atoms with Gasteiger partial charge in [0.25, 0.3) is 0 Å². The average molecular weight is 185 g/mol. The van der Waals surface area contributed by atoms with E-state index in [1.807, 2.05) is 41.8 Å². The third-order valence-corrected chi connectivity index (χ3v) is 0.167. The molecule has 0 fully saturated rings. The summed E-state index contributed by atoms with van der Waals surface area (Å²) < 4.78 is 0. The largest absolute Gasteiger partial charge is 0.323 e. The van der Waals surface area contributed by atoms with Gasteiger partial charge in [0.15, 0.2) is 0 Å². The molecule has 0 spiro atoms. The van der Waals surface area contributed by atoms with Gasteiger partial charge in [-0.15, -0.1) is 6.58 Å². The van der Waals surface area contributed by atoms with Gasteiger partial charge in [-0.1, -0.05) is 44.7 Å². The van der Waals surface area contributed by atoms with Gasteiger partial charge in [-0.3, -0.25) is 0 Å². The van der Waals surface area contributed by atoms with Crippen LogP contribution in [0.1, 0.15) is 27.7 Å². The van der Waals surface area contributed by atoms with Crippen LogP contribution in [0.4, 0.5) is 0 Å². The van der Waals surface area contributed by atoms with E-state index in [9.17, 15) is 0 Å². The first-order valence-corrected chi connectivity index (χ1v) is 4.50. The van der Waals surface area contributed by atoms with Crippen molar-refractivity contribution in [2.24, 2.45) is 0 Å². The summed E-state index contributed by atoms with van der Waals surface area (Å²) in [7, 11) is 3.75. The Labute approximate surface area is 85.3 Å². The van der Waals surface area contributed by atoms with Crippen molar-refractivity contribution >= 4 is 0 Å². The third-order valence-electron chi connectivity index (χ3n) is 0.167. The molecule has 0 heterocycles. The minimum absolute atomic E-state index is 1.17. The molecule has 0 saturated heterocycles. The molecule has 0 saturated carbocycles. The summed E-state index contributed by atoms with van der Waals surface area (Å²) in [5, 5.41) is 2.75. The zero-order valence-electron chi connectivity index (χ0n) is 10.3. The molecule has 0 radical (unpaired) electrons. The monoisotopic (exact) mass is 185 g/mol. The Morgan fingerprint density at radius 2 is 1.08 bits per heavy atom. The summed E-state index contributed by atoms with van der Waals surface area (Å²) in [6.45, 7) is 18.2. The fourth-order valence-corrected chi connectivity index (χ4v) is 0. The number of hydrogen-bond acceptors (Lipinski definition) is 1. The first-order chi connectivity index (χ1) is 6.06. The number of rotatable bonds is 1. The van der Waals surface area contributed by atoms with Gasteiger partial charge in [0.2, 0.25) is 0 Å². The second-order valence-electron chi connectivity index (χ2n) is 2.18. The third kappa shape index (κ3) is 29100. The summed E-state index contributed by atoms with van der Waals surface area (Å²) in [6.07, 6.45) is 3.28. The SMILES string of the molecule is C=C(C)C.C=CC=C.CC.CNC. The molecule has 0 aromatic carbocycles. The maximum absolute atomic E-state index is 3.56. The van der Waals surface area contributed by atoms with Gasteiger partial charge in [-0.05, 0) is 27.9 Å². The van der Waals surface area contributed by atoms with E-state index >= 15 is 0 Å². The van der Waals surface area contributed by atoms with Crippen molar-refractivity contribution in [2.75, 3.05) is 14.1 Å². The molecule has 0 amide bonds. The maximum Gasteiger partial charge on any atom is -0.0167 e. The smallest absolute Gasteiger partial charge is 0.0167 e. The molecule has 0 aromatic heterocycles. The molecule has 0 aliphatic rings.